The molecule has 1 heterocycles. The minimum absolute atomic E-state index is 0.112. The Hall–Kier alpha value is -0.900. The van der Waals surface area contributed by atoms with E-state index in [4.69, 9.17) is 18.8 Å². The van der Waals surface area contributed by atoms with Crippen LogP contribution in [-0.4, -0.2) is 36.0 Å². The van der Waals surface area contributed by atoms with Crippen molar-refractivity contribution in [3.63, 3.8) is 0 Å². The predicted molar refractivity (Wildman–Crippen MR) is 75.2 cm³/mol. The van der Waals surface area contributed by atoms with E-state index >= 15 is 0 Å². The SMILES string of the molecule is CCOP(=O)(OCC)OC1=CC(C#N)N[C@H]2CCC[C@]12O. The van der Waals surface area contributed by atoms with Crippen molar-refractivity contribution in [3.8, 4) is 6.07 Å². The average Bonchev–Trinajstić information content (AvgIpc) is 2.81. The van der Waals surface area contributed by atoms with Gasteiger partial charge in [0.1, 0.15) is 17.4 Å². The Balaban J connectivity index is 2.28. The molecule has 0 aromatic rings. The molecule has 1 unspecified atom stereocenters. The molecule has 118 valence electrons. The van der Waals surface area contributed by atoms with Crippen LogP contribution < -0.4 is 5.32 Å². The number of hydrogen-bond acceptors (Lipinski definition) is 7. The lowest BCUT2D eigenvalue weighted by molar-refractivity contribution is 0.00296. The molecule has 0 bridgehead atoms. The Kier molecular flexibility index (Phi) is 5.07. The predicted octanol–water partition coefficient (Wildman–Crippen LogP) is 1.85. The van der Waals surface area contributed by atoms with Crippen LogP contribution in [0.2, 0.25) is 0 Å². The maximum Gasteiger partial charge on any atom is 0.529 e. The molecule has 1 fully saturated rings. The zero-order valence-electron chi connectivity index (χ0n) is 12.2. The summed E-state index contributed by atoms with van der Waals surface area (Å²) >= 11 is 0. The third kappa shape index (κ3) is 3.31. The van der Waals surface area contributed by atoms with E-state index in [0.29, 0.717) is 6.42 Å². The Bertz CT molecular complexity index is 493. The van der Waals surface area contributed by atoms with Gasteiger partial charge in [0.25, 0.3) is 0 Å². The molecule has 7 nitrogen and oxygen atoms in total. The molecule has 1 aliphatic carbocycles. The maximum atomic E-state index is 12.5. The van der Waals surface area contributed by atoms with Gasteiger partial charge in [0.2, 0.25) is 0 Å². The zero-order chi connectivity index (χ0) is 15.5. The first-order valence-electron chi connectivity index (χ1n) is 7.16. The van der Waals surface area contributed by atoms with Gasteiger partial charge in [0.05, 0.1) is 19.3 Å². The van der Waals surface area contributed by atoms with Gasteiger partial charge in [-0.05, 0) is 39.2 Å². The van der Waals surface area contributed by atoms with E-state index in [-0.39, 0.29) is 25.0 Å². The normalized spacial score (nSPS) is 32.2. The van der Waals surface area contributed by atoms with E-state index in [0.717, 1.165) is 12.8 Å². The number of hydrogen-bond donors (Lipinski definition) is 2. The van der Waals surface area contributed by atoms with E-state index in [1.165, 1.54) is 6.08 Å². The van der Waals surface area contributed by atoms with Gasteiger partial charge in [-0.2, -0.15) is 5.26 Å². The fraction of sp³-hybridized carbons (Fsp3) is 0.769. The quantitative estimate of drug-likeness (QED) is 0.721. The molecule has 0 aromatic heterocycles. The third-order valence-corrected chi connectivity index (χ3v) is 5.25. The van der Waals surface area contributed by atoms with Gasteiger partial charge >= 0.3 is 7.82 Å². The second kappa shape index (κ2) is 6.47. The zero-order valence-corrected chi connectivity index (χ0v) is 13.1. The van der Waals surface area contributed by atoms with Crippen molar-refractivity contribution in [2.24, 2.45) is 0 Å². The number of rotatable bonds is 6. The first-order valence-corrected chi connectivity index (χ1v) is 8.62. The minimum Gasteiger partial charge on any atom is -0.406 e. The molecule has 8 heteroatoms. The summed E-state index contributed by atoms with van der Waals surface area (Å²) in [5.74, 6) is 0.112. The molecule has 0 radical (unpaired) electrons. The topological polar surface area (TPSA) is 101 Å². The van der Waals surface area contributed by atoms with Gasteiger partial charge in [0.15, 0.2) is 0 Å². The summed E-state index contributed by atoms with van der Waals surface area (Å²) in [6.07, 6.45) is 3.45. The van der Waals surface area contributed by atoms with E-state index in [2.05, 4.69) is 11.4 Å². The van der Waals surface area contributed by atoms with E-state index in [1.807, 2.05) is 0 Å². The minimum atomic E-state index is -3.78. The van der Waals surface area contributed by atoms with Crippen molar-refractivity contribution in [1.29, 1.82) is 5.26 Å². The molecule has 2 rings (SSSR count). The Morgan fingerprint density at radius 2 is 2.19 bits per heavy atom. The van der Waals surface area contributed by atoms with E-state index < -0.39 is 19.5 Å². The summed E-state index contributed by atoms with van der Waals surface area (Å²) in [5.41, 5.74) is -1.27. The van der Waals surface area contributed by atoms with Crippen LogP contribution in [0.1, 0.15) is 33.1 Å². The highest BCUT2D eigenvalue weighted by Gasteiger charge is 2.51. The second-order valence-corrected chi connectivity index (χ2v) is 6.64. The van der Waals surface area contributed by atoms with Gasteiger partial charge in [-0.25, -0.2) is 4.57 Å². The lowest BCUT2D eigenvalue weighted by Gasteiger charge is -2.38. The summed E-state index contributed by atoms with van der Waals surface area (Å²) in [6.45, 7) is 3.67. The molecule has 1 aliphatic heterocycles. The molecule has 2 N–H and O–H groups in total. The van der Waals surface area contributed by atoms with Crippen LogP contribution in [0.25, 0.3) is 0 Å². The molecular weight excluding hydrogens is 295 g/mol. The molecular formula is C13H21N2O5P. The first-order chi connectivity index (χ1) is 9.97. The lowest BCUT2D eigenvalue weighted by atomic mass is 9.90. The van der Waals surface area contributed by atoms with Gasteiger partial charge in [-0.1, -0.05) is 0 Å². The van der Waals surface area contributed by atoms with Crippen LogP contribution in [0.5, 0.6) is 0 Å². The highest BCUT2D eigenvalue weighted by atomic mass is 31.2. The number of nitriles is 1. The van der Waals surface area contributed by atoms with Gasteiger partial charge in [-0.3, -0.25) is 14.4 Å². The number of aliphatic hydroxyl groups is 1. The number of nitrogens with one attached hydrogen (secondary N) is 1. The van der Waals surface area contributed by atoms with Crippen LogP contribution in [0.15, 0.2) is 11.8 Å². The largest absolute Gasteiger partial charge is 0.529 e. The third-order valence-electron chi connectivity index (χ3n) is 3.68. The fourth-order valence-electron chi connectivity index (χ4n) is 2.78. The first kappa shape index (κ1) is 16.5. The fourth-order valence-corrected chi connectivity index (χ4v) is 4.05. The van der Waals surface area contributed by atoms with E-state index in [1.54, 1.807) is 13.8 Å². The molecule has 0 amide bonds. The second-order valence-electron chi connectivity index (χ2n) is 5.05. The Labute approximate surface area is 124 Å². The highest BCUT2D eigenvalue weighted by molar-refractivity contribution is 7.48. The van der Waals surface area contributed by atoms with Crippen molar-refractivity contribution >= 4 is 7.82 Å². The van der Waals surface area contributed by atoms with Crippen molar-refractivity contribution < 1.29 is 23.2 Å². The molecule has 0 aromatic carbocycles. The van der Waals surface area contributed by atoms with Crippen molar-refractivity contribution in [3.05, 3.63) is 11.8 Å². The standard InChI is InChI=1S/C13H21N2O5P/c1-3-18-21(17,19-4-2)20-12-8-10(9-14)15-11-6-5-7-13(11,12)16/h8,10-11,15-16H,3-7H2,1-2H3/t10?,11-,13+/m0/s1. The number of phosphoric ester groups is 1. The van der Waals surface area contributed by atoms with Gasteiger partial charge < -0.3 is 9.63 Å². The Morgan fingerprint density at radius 1 is 1.52 bits per heavy atom. The lowest BCUT2D eigenvalue weighted by Crippen LogP contribution is -2.55. The van der Waals surface area contributed by atoms with Crippen LogP contribution in [0.3, 0.4) is 0 Å². The monoisotopic (exact) mass is 316 g/mol. The molecule has 2 aliphatic rings. The van der Waals surface area contributed by atoms with Crippen molar-refractivity contribution in [2.45, 2.75) is 50.8 Å². The average molecular weight is 316 g/mol. The summed E-state index contributed by atoms with van der Waals surface area (Å²) < 4.78 is 28.1. The van der Waals surface area contributed by atoms with Gasteiger partial charge in [0, 0.05) is 6.04 Å². The number of phosphoric acid groups is 1. The summed E-state index contributed by atoms with van der Waals surface area (Å²) in [5, 5.41) is 22.9. The molecule has 3 atom stereocenters. The molecule has 1 saturated carbocycles. The maximum absolute atomic E-state index is 12.5. The number of fused-ring (bicyclic) bond motifs is 1. The number of nitrogens with zero attached hydrogens (tertiary/aromatic N) is 1. The summed E-state index contributed by atoms with van der Waals surface area (Å²) in [6, 6.07) is 1.17. The Morgan fingerprint density at radius 3 is 2.76 bits per heavy atom. The van der Waals surface area contributed by atoms with Gasteiger partial charge in [-0.15, -0.1) is 0 Å². The molecule has 0 saturated heterocycles. The van der Waals surface area contributed by atoms with Crippen molar-refractivity contribution in [2.75, 3.05) is 13.2 Å². The van der Waals surface area contributed by atoms with Crippen LogP contribution in [0, 0.1) is 11.3 Å². The van der Waals surface area contributed by atoms with Crippen LogP contribution >= 0.6 is 7.82 Å². The van der Waals surface area contributed by atoms with Crippen LogP contribution in [-0.2, 0) is 18.1 Å². The summed E-state index contributed by atoms with van der Waals surface area (Å²) in [7, 11) is -3.78. The molecule has 21 heavy (non-hydrogen) atoms. The van der Waals surface area contributed by atoms with Crippen LogP contribution in [0.4, 0.5) is 0 Å². The molecule has 0 spiro atoms. The van der Waals surface area contributed by atoms with E-state index in [9.17, 15) is 9.67 Å². The smallest absolute Gasteiger partial charge is 0.406 e. The highest BCUT2D eigenvalue weighted by Crippen LogP contribution is 2.54. The summed E-state index contributed by atoms with van der Waals surface area (Å²) in [4.78, 5) is 0. The van der Waals surface area contributed by atoms with Crippen molar-refractivity contribution in [1.82, 2.24) is 5.32 Å².